The zero-order valence-electron chi connectivity index (χ0n) is 11.3. The first-order valence-corrected chi connectivity index (χ1v) is 8.06. The summed E-state index contributed by atoms with van der Waals surface area (Å²) in [7, 11) is 0. The number of nitrogens with one attached hydrogen (secondary N) is 2. The maximum Gasteiger partial charge on any atom is 0.243 e. The van der Waals surface area contributed by atoms with E-state index >= 15 is 0 Å². The van der Waals surface area contributed by atoms with Crippen molar-refractivity contribution in [2.24, 2.45) is 0 Å². The minimum Gasteiger partial charge on any atom is -0.306 e. The molecule has 2 N–H and O–H groups in total. The molecule has 1 aliphatic rings. The van der Waals surface area contributed by atoms with Crippen LogP contribution in [0.4, 0.5) is 5.13 Å². The molecule has 1 atom stereocenters. The fourth-order valence-corrected chi connectivity index (χ4v) is 3.35. The van der Waals surface area contributed by atoms with Crippen molar-refractivity contribution in [1.82, 2.24) is 15.5 Å². The lowest BCUT2D eigenvalue weighted by Crippen LogP contribution is -2.43. The van der Waals surface area contributed by atoms with Crippen molar-refractivity contribution in [3.05, 3.63) is 29.3 Å². The summed E-state index contributed by atoms with van der Waals surface area (Å²) < 4.78 is 0. The third kappa shape index (κ3) is 3.40. The molecule has 7 heteroatoms. The molecule has 0 spiro atoms. The number of carbonyl (C=O) groups is 1. The number of carbonyl (C=O) groups excluding carboxylic acids is 1. The van der Waals surface area contributed by atoms with Crippen LogP contribution in [0, 0.1) is 0 Å². The zero-order valence-corrected chi connectivity index (χ0v) is 12.9. The molecule has 1 amide bonds. The number of hydrogen-bond donors (Lipinski definition) is 2. The van der Waals surface area contributed by atoms with E-state index in [-0.39, 0.29) is 11.9 Å². The normalized spacial score (nSPS) is 18.4. The van der Waals surface area contributed by atoms with Crippen molar-refractivity contribution in [1.29, 1.82) is 0 Å². The topological polar surface area (TPSA) is 66.9 Å². The summed E-state index contributed by atoms with van der Waals surface area (Å²) in [5.41, 5.74) is 0.827. The fourth-order valence-electron chi connectivity index (χ4n) is 2.29. The average molecular weight is 323 g/mol. The highest BCUT2D eigenvalue weighted by molar-refractivity contribution is 7.18. The van der Waals surface area contributed by atoms with E-state index in [9.17, 15) is 4.79 Å². The molecular formula is C14H15ClN4OS. The maximum atomic E-state index is 12.1. The van der Waals surface area contributed by atoms with Crippen molar-refractivity contribution >= 4 is 34.0 Å². The van der Waals surface area contributed by atoms with Gasteiger partial charge in [0, 0.05) is 5.56 Å². The van der Waals surface area contributed by atoms with Gasteiger partial charge in [-0.2, -0.15) is 0 Å². The molecule has 1 aromatic heterocycles. The quantitative estimate of drug-likeness (QED) is 0.911. The highest BCUT2D eigenvalue weighted by Gasteiger charge is 2.21. The van der Waals surface area contributed by atoms with Gasteiger partial charge in [-0.15, -0.1) is 10.2 Å². The van der Waals surface area contributed by atoms with Gasteiger partial charge in [-0.25, -0.2) is 0 Å². The van der Waals surface area contributed by atoms with Crippen molar-refractivity contribution in [2.45, 2.75) is 25.3 Å². The van der Waals surface area contributed by atoms with Gasteiger partial charge in [0.2, 0.25) is 11.0 Å². The first-order chi connectivity index (χ1) is 10.2. The summed E-state index contributed by atoms with van der Waals surface area (Å²) >= 11 is 7.46. The van der Waals surface area contributed by atoms with Gasteiger partial charge >= 0.3 is 0 Å². The Morgan fingerprint density at radius 3 is 2.95 bits per heavy atom. The number of nitrogens with zero attached hydrogens (tertiary/aromatic N) is 2. The average Bonchev–Trinajstić information content (AvgIpc) is 2.97. The van der Waals surface area contributed by atoms with E-state index in [2.05, 4.69) is 20.8 Å². The van der Waals surface area contributed by atoms with Gasteiger partial charge in [-0.3, -0.25) is 10.1 Å². The number of anilines is 1. The third-order valence-electron chi connectivity index (χ3n) is 3.39. The van der Waals surface area contributed by atoms with E-state index in [1.54, 1.807) is 0 Å². The van der Waals surface area contributed by atoms with Crippen molar-refractivity contribution in [2.75, 3.05) is 11.9 Å². The largest absolute Gasteiger partial charge is 0.306 e. The van der Waals surface area contributed by atoms with Gasteiger partial charge in [-0.05, 0) is 25.5 Å². The van der Waals surface area contributed by atoms with E-state index in [0.29, 0.717) is 15.2 Å². The zero-order chi connectivity index (χ0) is 14.7. The predicted molar refractivity (Wildman–Crippen MR) is 84.6 cm³/mol. The second-order valence-corrected chi connectivity index (χ2v) is 6.27. The van der Waals surface area contributed by atoms with Crippen LogP contribution in [0.1, 0.15) is 19.3 Å². The minimum absolute atomic E-state index is 0.0449. The van der Waals surface area contributed by atoms with Crippen molar-refractivity contribution in [3.63, 3.8) is 0 Å². The van der Waals surface area contributed by atoms with E-state index in [4.69, 9.17) is 11.6 Å². The molecule has 1 aromatic carbocycles. The molecule has 1 saturated heterocycles. The van der Waals surface area contributed by atoms with Crippen LogP contribution in [0.2, 0.25) is 5.02 Å². The second kappa shape index (κ2) is 6.51. The molecule has 2 aromatic rings. The predicted octanol–water partition coefficient (Wildman–Crippen LogP) is 2.94. The van der Waals surface area contributed by atoms with Crippen LogP contribution in [-0.4, -0.2) is 28.7 Å². The lowest BCUT2D eigenvalue weighted by atomic mass is 10.0. The number of halogens is 1. The summed E-state index contributed by atoms with van der Waals surface area (Å²) in [6.45, 7) is 0.888. The maximum absolute atomic E-state index is 12.1. The van der Waals surface area contributed by atoms with Crippen LogP contribution >= 0.6 is 22.9 Å². The molecule has 0 saturated carbocycles. The van der Waals surface area contributed by atoms with Crippen LogP contribution in [0.15, 0.2) is 24.3 Å². The molecule has 110 valence electrons. The van der Waals surface area contributed by atoms with Gasteiger partial charge in [0.25, 0.3) is 0 Å². The van der Waals surface area contributed by atoms with Crippen LogP contribution < -0.4 is 10.6 Å². The highest BCUT2D eigenvalue weighted by Crippen LogP contribution is 2.31. The lowest BCUT2D eigenvalue weighted by Gasteiger charge is -2.21. The lowest BCUT2D eigenvalue weighted by molar-refractivity contribution is -0.118. The number of piperidine rings is 1. The van der Waals surface area contributed by atoms with Gasteiger partial charge in [0.15, 0.2) is 5.01 Å². The van der Waals surface area contributed by atoms with Crippen molar-refractivity contribution < 1.29 is 4.79 Å². The summed E-state index contributed by atoms with van der Waals surface area (Å²) in [6.07, 6.45) is 3.06. The molecular weight excluding hydrogens is 308 g/mol. The van der Waals surface area contributed by atoms with E-state index in [0.717, 1.165) is 31.4 Å². The number of aromatic nitrogens is 2. The molecule has 0 aliphatic carbocycles. The van der Waals surface area contributed by atoms with Crippen LogP contribution in [0.25, 0.3) is 10.6 Å². The third-order valence-corrected chi connectivity index (χ3v) is 4.59. The Labute approximate surface area is 131 Å². The standard InChI is InChI=1S/C14H15ClN4OS/c15-10-6-2-1-5-9(10)13-18-19-14(21-13)17-12(20)11-7-3-4-8-16-11/h1-2,5-6,11,16H,3-4,7-8H2,(H,17,19,20). The van der Waals surface area contributed by atoms with E-state index < -0.39 is 0 Å². The Bertz CT molecular complexity index is 639. The Hall–Kier alpha value is -1.50. The highest BCUT2D eigenvalue weighted by atomic mass is 35.5. The van der Waals surface area contributed by atoms with E-state index in [1.165, 1.54) is 11.3 Å². The van der Waals surface area contributed by atoms with Crippen molar-refractivity contribution in [3.8, 4) is 10.6 Å². The summed E-state index contributed by atoms with van der Waals surface area (Å²) in [6, 6.07) is 7.32. The Morgan fingerprint density at radius 2 is 2.19 bits per heavy atom. The van der Waals surface area contributed by atoms with Crippen LogP contribution in [0.5, 0.6) is 0 Å². The number of hydrogen-bond acceptors (Lipinski definition) is 5. The van der Waals surface area contributed by atoms with Gasteiger partial charge in [-0.1, -0.05) is 47.6 Å². The first kappa shape index (κ1) is 14.4. The second-order valence-electron chi connectivity index (χ2n) is 4.88. The Balaban J connectivity index is 1.70. The molecule has 21 heavy (non-hydrogen) atoms. The summed E-state index contributed by atoms with van der Waals surface area (Å²) in [4.78, 5) is 12.1. The van der Waals surface area contributed by atoms with Gasteiger partial charge in [0.1, 0.15) is 0 Å². The summed E-state index contributed by atoms with van der Waals surface area (Å²) in [5.74, 6) is -0.0449. The van der Waals surface area contributed by atoms with Gasteiger partial charge < -0.3 is 5.32 Å². The summed E-state index contributed by atoms with van der Waals surface area (Å²) in [5, 5.41) is 16.0. The monoisotopic (exact) mass is 322 g/mol. The molecule has 0 radical (unpaired) electrons. The number of benzene rings is 1. The minimum atomic E-state index is -0.133. The molecule has 1 aliphatic heterocycles. The Kier molecular flexibility index (Phi) is 4.48. The molecule has 1 fully saturated rings. The molecule has 1 unspecified atom stereocenters. The Morgan fingerprint density at radius 1 is 1.33 bits per heavy atom. The SMILES string of the molecule is O=C(Nc1nnc(-c2ccccc2Cl)s1)C1CCCCN1. The number of rotatable bonds is 3. The smallest absolute Gasteiger partial charge is 0.243 e. The molecule has 0 bridgehead atoms. The van der Waals surface area contributed by atoms with Gasteiger partial charge in [0.05, 0.1) is 11.1 Å². The molecule has 2 heterocycles. The first-order valence-electron chi connectivity index (χ1n) is 6.87. The molecule has 5 nitrogen and oxygen atoms in total. The molecule has 3 rings (SSSR count). The van der Waals surface area contributed by atoms with Crippen LogP contribution in [0.3, 0.4) is 0 Å². The number of amides is 1. The fraction of sp³-hybridized carbons (Fsp3) is 0.357. The van der Waals surface area contributed by atoms with E-state index in [1.807, 2.05) is 24.3 Å². The van der Waals surface area contributed by atoms with Crippen LogP contribution in [-0.2, 0) is 4.79 Å².